The van der Waals surface area contributed by atoms with Crippen LogP contribution in [-0.4, -0.2) is 10.8 Å². The zero-order valence-electron chi connectivity index (χ0n) is 8.25. The molecule has 0 aliphatic heterocycles. The van der Waals surface area contributed by atoms with Crippen molar-refractivity contribution in [2.45, 2.75) is 6.92 Å². The second-order valence-corrected chi connectivity index (χ2v) is 4.18. The molecule has 0 aliphatic rings. The summed E-state index contributed by atoms with van der Waals surface area (Å²) in [6.07, 6.45) is 1.75. The minimum Gasteiger partial charge on any atom is -0.359 e. The van der Waals surface area contributed by atoms with Gasteiger partial charge in [0.1, 0.15) is 0 Å². The van der Waals surface area contributed by atoms with Gasteiger partial charge in [-0.05, 0) is 30.7 Å². The van der Waals surface area contributed by atoms with Gasteiger partial charge in [-0.3, -0.25) is 4.79 Å². The number of nitrogens with one attached hydrogen (secondary N) is 1. The van der Waals surface area contributed by atoms with Crippen LogP contribution in [0.25, 0.3) is 0 Å². The topological polar surface area (TPSA) is 32.9 Å². The molecule has 0 radical (unpaired) electrons. The summed E-state index contributed by atoms with van der Waals surface area (Å²) in [6, 6.07) is 9.24. The van der Waals surface area contributed by atoms with E-state index >= 15 is 0 Å². The number of benzene rings is 1. The molecule has 3 heteroatoms. The zero-order valence-corrected chi connectivity index (χ0v) is 9.84. The van der Waals surface area contributed by atoms with Crippen LogP contribution in [0.3, 0.4) is 0 Å². The van der Waals surface area contributed by atoms with E-state index < -0.39 is 0 Å². The van der Waals surface area contributed by atoms with Gasteiger partial charge in [-0.1, -0.05) is 28.1 Å². The van der Waals surface area contributed by atoms with Gasteiger partial charge in [-0.25, -0.2) is 0 Å². The van der Waals surface area contributed by atoms with Gasteiger partial charge in [0.05, 0.1) is 5.69 Å². The normalized spacial score (nSPS) is 10.3. The summed E-state index contributed by atoms with van der Waals surface area (Å²) in [5, 5.41) is 0. The molecule has 2 nitrogen and oxygen atoms in total. The van der Waals surface area contributed by atoms with E-state index in [9.17, 15) is 4.79 Å². The molecule has 15 heavy (non-hydrogen) atoms. The first-order valence-electron chi connectivity index (χ1n) is 4.63. The molecule has 0 atom stereocenters. The summed E-state index contributed by atoms with van der Waals surface area (Å²) in [7, 11) is 0. The van der Waals surface area contributed by atoms with Crippen LogP contribution in [0.4, 0.5) is 0 Å². The molecule has 0 aliphatic carbocycles. The Kier molecular flexibility index (Phi) is 2.73. The van der Waals surface area contributed by atoms with Gasteiger partial charge in [0, 0.05) is 16.2 Å². The molecule has 0 fully saturated rings. The lowest BCUT2D eigenvalue weighted by atomic mass is 10.0. The molecule has 2 rings (SSSR count). The predicted octanol–water partition coefficient (Wildman–Crippen LogP) is 3.32. The minimum absolute atomic E-state index is 0.0267. The largest absolute Gasteiger partial charge is 0.359 e. The van der Waals surface area contributed by atoms with Gasteiger partial charge in [-0.15, -0.1) is 0 Å². The lowest BCUT2D eigenvalue weighted by molar-refractivity contribution is 0.103. The minimum atomic E-state index is 0.0267. The van der Waals surface area contributed by atoms with Crippen molar-refractivity contribution in [2.75, 3.05) is 0 Å². The van der Waals surface area contributed by atoms with Gasteiger partial charge >= 0.3 is 0 Å². The summed E-state index contributed by atoms with van der Waals surface area (Å²) in [6.45, 7) is 1.93. The third kappa shape index (κ3) is 1.88. The van der Waals surface area contributed by atoms with Gasteiger partial charge < -0.3 is 4.98 Å². The van der Waals surface area contributed by atoms with Crippen molar-refractivity contribution in [3.05, 3.63) is 57.8 Å². The molecule has 1 heterocycles. The second kappa shape index (κ2) is 4.03. The molecule has 76 valence electrons. The predicted molar refractivity (Wildman–Crippen MR) is 63.1 cm³/mol. The van der Waals surface area contributed by atoms with E-state index in [2.05, 4.69) is 20.9 Å². The van der Waals surface area contributed by atoms with Gasteiger partial charge in [0.15, 0.2) is 0 Å². The summed E-state index contributed by atoms with van der Waals surface area (Å²) in [5.41, 5.74) is 2.32. The molecule has 0 saturated carbocycles. The zero-order chi connectivity index (χ0) is 10.8. The maximum absolute atomic E-state index is 12.0. The number of hydrogen-bond acceptors (Lipinski definition) is 1. The summed E-state index contributed by atoms with van der Waals surface area (Å²) in [4.78, 5) is 14.9. The number of rotatable bonds is 2. The fourth-order valence-electron chi connectivity index (χ4n) is 1.47. The number of ketones is 1. The Balaban J connectivity index is 2.47. The maximum Gasteiger partial charge on any atom is 0.209 e. The number of carbonyl (C=O) groups excluding carboxylic acids is 1. The van der Waals surface area contributed by atoms with Crippen molar-refractivity contribution < 1.29 is 4.79 Å². The number of H-pyrrole nitrogens is 1. The third-order valence-corrected chi connectivity index (χ3v) is 3.21. The summed E-state index contributed by atoms with van der Waals surface area (Å²) < 4.78 is 0.958. The number of carbonyl (C=O) groups is 1. The van der Waals surface area contributed by atoms with Crippen molar-refractivity contribution in [3.8, 4) is 0 Å². The molecule has 1 aromatic carbocycles. The van der Waals surface area contributed by atoms with Crippen molar-refractivity contribution >= 4 is 21.7 Å². The quantitative estimate of drug-likeness (QED) is 0.829. The molecule has 1 aromatic heterocycles. The van der Waals surface area contributed by atoms with Crippen LogP contribution in [0.5, 0.6) is 0 Å². The Labute approximate surface area is 96.5 Å². The van der Waals surface area contributed by atoms with Crippen molar-refractivity contribution in [3.63, 3.8) is 0 Å². The van der Waals surface area contributed by atoms with E-state index in [1.807, 2.05) is 31.2 Å². The van der Waals surface area contributed by atoms with E-state index in [0.29, 0.717) is 5.69 Å². The van der Waals surface area contributed by atoms with Crippen molar-refractivity contribution in [1.29, 1.82) is 0 Å². The molecule has 0 unspecified atom stereocenters. The number of aromatic nitrogens is 1. The Morgan fingerprint density at radius 1 is 1.27 bits per heavy atom. The monoisotopic (exact) mass is 263 g/mol. The van der Waals surface area contributed by atoms with Crippen molar-refractivity contribution in [2.24, 2.45) is 0 Å². The SMILES string of the molecule is Cc1c(Br)cccc1C(=O)c1ccc[nH]1. The van der Waals surface area contributed by atoms with Crippen LogP contribution >= 0.6 is 15.9 Å². The second-order valence-electron chi connectivity index (χ2n) is 3.33. The van der Waals surface area contributed by atoms with E-state index in [1.165, 1.54) is 0 Å². The first-order valence-corrected chi connectivity index (χ1v) is 5.42. The highest BCUT2D eigenvalue weighted by atomic mass is 79.9. The smallest absolute Gasteiger partial charge is 0.209 e. The Morgan fingerprint density at radius 3 is 2.73 bits per heavy atom. The average molecular weight is 264 g/mol. The van der Waals surface area contributed by atoms with E-state index in [4.69, 9.17) is 0 Å². The lowest BCUT2D eigenvalue weighted by Gasteiger charge is -2.04. The highest BCUT2D eigenvalue weighted by Crippen LogP contribution is 2.21. The van der Waals surface area contributed by atoms with E-state index in [1.54, 1.807) is 12.3 Å². The maximum atomic E-state index is 12.0. The molecule has 0 bridgehead atoms. The van der Waals surface area contributed by atoms with Crippen LogP contribution in [0, 0.1) is 6.92 Å². The molecular formula is C12H10BrNO. The first-order chi connectivity index (χ1) is 7.20. The van der Waals surface area contributed by atoms with Crippen LogP contribution in [0.1, 0.15) is 21.6 Å². The van der Waals surface area contributed by atoms with Gasteiger partial charge in [0.25, 0.3) is 0 Å². The number of halogens is 1. The summed E-state index contributed by atoms with van der Waals surface area (Å²) >= 11 is 3.42. The Hall–Kier alpha value is -1.35. The van der Waals surface area contributed by atoms with Gasteiger partial charge in [-0.2, -0.15) is 0 Å². The molecule has 0 amide bonds. The number of aromatic amines is 1. The molecule has 0 spiro atoms. The third-order valence-electron chi connectivity index (χ3n) is 2.35. The molecule has 0 saturated heterocycles. The van der Waals surface area contributed by atoms with Crippen molar-refractivity contribution in [1.82, 2.24) is 4.98 Å². The van der Waals surface area contributed by atoms with Crippen LogP contribution < -0.4 is 0 Å². The Morgan fingerprint density at radius 2 is 2.07 bits per heavy atom. The molecule has 1 N–H and O–H groups in total. The molecular weight excluding hydrogens is 254 g/mol. The summed E-state index contributed by atoms with van der Waals surface area (Å²) in [5.74, 6) is 0.0267. The first kappa shape index (κ1) is 10.2. The van der Waals surface area contributed by atoms with Crippen LogP contribution in [0.15, 0.2) is 41.0 Å². The molecule has 2 aromatic rings. The van der Waals surface area contributed by atoms with E-state index in [0.717, 1.165) is 15.6 Å². The standard InChI is InChI=1S/C12H10BrNO/c1-8-9(4-2-5-10(8)13)12(15)11-6-3-7-14-11/h2-7,14H,1H3. The fraction of sp³-hybridized carbons (Fsp3) is 0.0833. The Bertz CT molecular complexity index is 488. The average Bonchev–Trinajstić information content (AvgIpc) is 2.74. The highest BCUT2D eigenvalue weighted by molar-refractivity contribution is 9.10. The van der Waals surface area contributed by atoms with Crippen LogP contribution in [-0.2, 0) is 0 Å². The van der Waals surface area contributed by atoms with Gasteiger partial charge in [0.2, 0.25) is 5.78 Å². The fourth-order valence-corrected chi connectivity index (χ4v) is 1.84. The highest BCUT2D eigenvalue weighted by Gasteiger charge is 2.13. The number of hydrogen-bond donors (Lipinski definition) is 1. The van der Waals surface area contributed by atoms with E-state index in [-0.39, 0.29) is 5.78 Å². The van der Waals surface area contributed by atoms with Crippen LogP contribution in [0.2, 0.25) is 0 Å². The lowest BCUT2D eigenvalue weighted by Crippen LogP contribution is -2.04.